The van der Waals surface area contributed by atoms with Crippen LogP contribution in [0.3, 0.4) is 0 Å². The Morgan fingerprint density at radius 2 is 1.70 bits per heavy atom. The largest absolute Gasteiger partial charge is 0.198 e. The van der Waals surface area contributed by atoms with Crippen molar-refractivity contribution in [3.8, 4) is 24.0 Å². The normalized spacial score (nSPS) is 6.60. The summed E-state index contributed by atoms with van der Waals surface area (Å²) in [5.74, 6) is 4.97. The molecular formula is C8H8N2. The van der Waals surface area contributed by atoms with Gasteiger partial charge in [0.25, 0.3) is 0 Å². The molecule has 0 N–H and O–H groups in total. The first kappa shape index (κ1) is 8.54. The summed E-state index contributed by atoms with van der Waals surface area (Å²) in [7, 11) is 0. The van der Waals surface area contributed by atoms with Crippen LogP contribution in [-0.4, -0.2) is 0 Å². The number of hydrogen-bond donors (Lipinski definition) is 0. The van der Waals surface area contributed by atoms with Crippen LogP contribution in [-0.2, 0) is 0 Å². The molecule has 0 aromatic heterocycles. The smallest absolute Gasteiger partial charge is 0.152 e. The van der Waals surface area contributed by atoms with E-state index in [1.807, 2.05) is 6.07 Å². The highest BCUT2D eigenvalue weighted by molar-refractivity contribution is 5.16. The maximum Gasteiger partial charge on any atom is 0.152 e. The van der Waals surface area contributed by atoms with Gasteiger partial charge < -0.3 is 0 Å². The van der Waals surface area contributed by atoms with Crippen molar-refractivity contribution in [1.29, 1.82) is 10.5 Å². The Kier molecular flexibility index (Phi) is 6.44. The molecule has 0 spiro atoms. The van der Waals surface area contributed by atoms with E-state index in [1.165, 1.54) is 0 Å². The van der Waals surface area contributed by atoms with Crippen LogP contribution < -0.4 is 0 Å². The first-order chi connectivity index (χ1) is 4.91. The van der Waals surface area contributed by atoms with Crippen LogP contribution in [0.2, 0.25) is 0 Å². The minimum absolute atomic E-state index is 0.592. The van der Waals surface area contributed by atoms with Gasteiger partial charge in [-0.25, -0.2) is 0 Å². The monoisotopic (exact) mass is 132 g/mol. The fourth-order valence-corrected chi connectivity index (χ4v) is 0.519. The van der Waals surface area contributed by atoms with E-state index in [9.17, 15) is 0 Å². The molecule has 0 aliphatic heterocycles. The summed E-state index contributed by atoms with van der Waals surface area (Å²) in [5, 5.41) is 16.1. The lowest BCUT2D eigenvalue weighted by molar-refractivity contribution is 0.778. The van der Waals surface area contributed by atoms with Gasteiger partial charge in [-0.15, -0.1) is 0 Å². The predicted octanol–water partition coefficient (Wildman–Crippen LogP) is 1.60. The van der Waals surface area contributed by atoms with Gasteiger partial charge in [0.1, 0.15) is 0 Å². The lowest BCUT2D eigenvalue weighted by atomic mass is 10.2. The second-order valence-electron chi connectivity index (χ2n) is 1.78. The molecule has 0 aliphatic rings. The number of nitrogens with zero attached hydrogens (tertiary/aromatic N) is 2. The molecule has 0 rings (SSSR count). The Labute approximate surface area is 61.1 Å². The number of hydrogen-bond acceptors (Lipinski definition) is 2. The van der Waals surface area contributed by atoms with E-state index in [0.717, 1.165) is 19.3 Å². The third-order valence-electron chi connectivity index (χ3n) is 0.985. The lowest BCUT2D eigenvalue weighted by Crippen LogP contribution is -1.71. The Balaban J connectivity index is 3.09. The van der Waals surface area contributed by atoms with Crippen LogP contribution in [0.5, 0.6) is 0 Å². The lowest BCUT2D eigenvalue weighted by Gasteiger charge is -1.85. The van der Waals surface area contributed by atoms with Gasteiger partial charge >= 0.3 is 0 Å². The van der Waals surface area contributed by atoms with Crippen molar-refractivity contribution in [1.82, 2.24) is 0 Å². The maximum absolute atomic E-state index is 8.13. The van der Waals surface area contributed by atoms with E-state index in [2.05, 4.69) is 11.8 Å². The predicted molar refractivity (Wildman–Crippen MR) is 37.5 cm³/mol. The Bertz CT molecular complexity index is 206. The SMILES string of the molecule is N#CC#CCCCCC#N. The van der Waals surface area contributed by atoms with Crippen LogP contribution in [0.4, 0.5) is 0 Å². The number of unbranched alkanes of at least 4 members (excludes halogenated alkanes) is 3. The fourth-order valence-electron chi connectivity index (χ4n) is 0.519. The van der Waals surface area contributed by atoms with Gasteiger partial charge in [-0.2, -0.15) is 10.5 Å². The quantitative estimate of drug-likeness (QED) is 0.432. The molecule has 0 aromatic rings. The molecule has 0 bridgehead atoms. The van der Waals surface area contributed by atoms with E-state index < -0.39 is 0 Å². The van der Waals surface area contributed by atoms with E-state index in [1.54, 1.807) is 6.07 Å². The van der Waals surface area contributed by atoms with Gasteiger partial charge in [0, 0.05) is 18.8 Å². The van der Waals surface area contributed by atoms with Crippen LogP contribution in [0, 0.1) is 34.5 Å². The Morgan fingerprint density at radius 3 is 2.30 bits per heavy atom. The molecule has 0 radical (unpaired) electrons. The summed E-state index contributed by atoms with van der Waals surface area (Å²) in [6.07, 6.45) is 3.13. The zero-order valence-electron chi connectivity index (χ0n) is 5.72. The molecule has 0 fully saturated rings. The van der Waals surface area contributed by atoms with Gasteiger partial charge in [0.2, 0.25) is 0 Å². The molecule has 0 unspecified atom stereocenters. The number of rotatable bonds is 3. The van der Waals surface area contributed by atoms with Crippen LogP contribution in [0.1, 0.15) is 25.7 Å². The summed E-state index contributed by atoms with van der Waals surface area (Å²) in [5.41, 5.74) is 0. The zero-order chi connectivity index (χ0) is 7.66. The van der Waals surface area contributed by atoms with E-state index in [0.29, 0.717) is 6.42 Å². The molecule has 0 aromatic carbocycles. The van der Waals surface area contributed by atoms with Gasteiger partial charge in [-0.05, 0) is 12.8 Å². The summed E-state index contributed by atoms with van der Waals surface area (Å²) in [6.45, 7) is 0. The molecule has 2 nitrogen and oxygen atoms in total. The van der Waals surface area contributed by atoms with Gasteiger partial charge in [-0.1, -0.05) is 5.92 Å². The standard InChI is InChI=1S/C8H8N2/c9-7-5-3-1-2-4-6-8-10/h1-3,5H2. The fraction of sp³-hybridized carbons (Fsp3) is 0.500. The van der Waals surface area contributed by atoms with Crippen LogP contribution in [0.15, 0.2) is 0 Å². The average molecular weight is 132 g/mol. The second kappa shape index (κ2) is 7.54. The third-order valence-corrected chi connectivity index (χ3v) is 0.985. The molecule has 10 heavy (non-hydrogen) atoms. The molecule has 2 heteroatoms. The van der Waals surface area contributed by atoms with Crippen LogP contribution in [0.25, 0.3) is 0 Å². The summed E-state index contributed by atoms with van der Waals surface area (Å²) in [4.78, 5) is 0. The molecule has 0 heterocycles. The Hall–Kier alpha value is -1.46. The molecule has 0 aliphatic carbocycles. The second-order valence-corrected chi connectivity index (χ2v) is 1.78. The summed E-state index contributed by atoms with van der Waals surface area (Å²) in [6, 6.07) is 3.78. The maximum atomic E-state index is 8.13. The van der Waals surface area contributed by atoms with E-state index in [4.69, 9.17) is 10.5 Å². The van der Waals surface area contributed by atoms with Gasteiger partial charge in [-0.3, -0.25) is 0 Å². The third kappa shape index (κ3) is 6.54. The Morgan fingerprint density at radius 1 is 1.00 bits per heavy atom. The minimum atomic E-state index is 0.592. The molecule has 50 valence electrons. The van der Waals surface area contributed by atoms with Crippen molar-refractivity contribution in [2.75, 3.05) is 0 Å². The first-order valence-corrected chi connectivity index (χ1v) is 3.15. The van der Waals surface area contributed by atoms with E-state index >= 15 is 0 Å². The first-order valence-electron chi connectivity index (χ1n) is 3.15. The molecular weight excluding hydrogens is 124 g/mol. The highest BCUT2D eigenvalue weighted by Gasteiger charge is 1.82. The molecule has 0 saturated heterocycles. The van der Waals surface area contributed by atoms with Gasteiger partial charge in [0.05, 0.1) is 6.07 Å². The van der Waals surface area contributed by atoms with Crippen molar-refractivity contribution in [2.45, 2.75) is 25.7 Å². The van der Waals surface area contributed by atoms with E-state index in [-0.39, 0.29) is 0 Å². The van der Waals surface area contributed by atoms with Gasteiger partial charge in [0.15, 0.2) is 6.07 Å². The van der Waals surface area contributed by atoms with Crippen molar-refractivity contribution in [2.24, 2.45) is 0 Å². The minimum Gasteiger partial charge on any atom is -0.198 e. The summed E-state index contributed by atoms with van der Waals surface area (Å²) >= 11 is 0. The molecule has 0 atom stereocenters. The average Bonchev–Trinajstić information content (AvgIpc) is 1.97. The number of nitriles is 2. The zero-order valence-corrected chi connectivity index (χ0v) is 5.72. The van der Waals surface area contributed by atoms with Crippen molar-refractivity contribution in [3.63, 3.8) is 0 Å². The molecule has 0 amide bonds. The topological polar surface area (TPSA) is 47.6 Å². The highest BCUT2D eigenvalue weighted by atomic mass is 14.2. The van der Waals surface area contributed by atoms with Crippen molar-refractivity contribution in [3.05, 3.63) is 0 Å². The molecule has 0 saturated carbocycles. The van der Waals surface area contributed by atoms with Crippen molar-refractivity contribution >= 4 is 0 Å². The highest BCUT2D eigenvalue weighted by Crippen LogP contribution is 1.96. The summed E-state index contributed by atoms with van der Waals surface area (Å²) < 4.78 is 0. The van der Waals surface area contributed by atoms with Crippen molar-refractivity contribution < 1.29 is 0 Å². The van der Waals surface area contributed by atoms with Crippen LogP contribution >= 0.6 is 0 Å².